The molecule has 1 aliphatic rings. The van der Waals surface area contributed by atoms with Crippen molar-refractivity contribution in [3.8, 4) is 0 Å². The third kappa shape index (κ3) is 6.07. The van der Waals surface area contributed by atoms with Crippen LogP contribution in [-0.2, 0) is 22.6 Å². The molecule has 0 heterocycles. The molecule has 170 valence electrons. The van der Waals surface area contributed by atoms with Crippen LogP contribution in [0.5, 0.6) is 0 Å². The zero-order valence-electron chi connectivity index (χ0n) is 18.9. The third-order valence-corrected chi connectivity index (χ3v) is 6.11. The first-order valence-corrected chi connectivity index (χ1v) is 11.5. The van der Waals surface area contributed by atoms with E-state index in [1.807, 2.05) is 55.5 Å². The molecular weight excluding hydrogens is 415 g/mol. The second-order valence-electron chi connectivity index (χ2n) is 8.80. The fraction of sp³-hybridized carbons (Fsp3) is 0.286. The number of hydrogen-bond acceptors (Lipinski definition) is 2. The van der Waals surface area contributed by atoms with Crippen molar-refractivity contribution in [1.82, 2.24) is 0 Å². The van der Waals surface area contributed by atoms with Crippen molar-refractivity contribution in [1.29, 1.82) is 0 Å². The highest BCUT2D eigenvalue weighted by Crippen LogP contribution is 2.30. The van der Waals surface area contributed by atoms with Gasteiger partial charge in [-0.1, -0.05) is 49.2 Å². The topological polar surface area (TPSA) is 49.4 Å². The summed E-state index contributed by atoms with van der Waals surface area (Å²) < 4.78 is 13.4. The lowest BCUT2D eigenvalue weighted by Gasteiger charge is -2.26. The second-order valence-corrected chi connectivity index (χ2v) is 8.80. The van der Waals surface area contributed by atoms with E-state index < -0.39 is 0 Å². The average molecular weight is 445 g/mol. The second kappa shape index (κ2) is 10.4. The number of aryl methyl sites for hydroxylation is 1. The molecule has 0 atom stereocenters. The molecule has 3 aromatic carbocycles. The molecule has 2 amide bonds. The van der Waals surface area contributed by atoms with Gasteiger partial charge in [0.1, 0.15) is 5.82 Å². The van der Waals surface area contributed by atoms with E-state index in [1.54, 1.807) is 17.0 Å². The van der Waals surface area contributed by atoms with E-state index in [-0.39, 0.29) is 30.0 Å². The lowest BCUT2D eigenvalue weighted by atomic mass is 10.0. The van der Waals surface area contributed by atoms with E-state index in [0.717, 1.165) is 53.7 Å². The van der Waals surface area contributed by atoms with Crippen molar-refractivity contribution in [2.45, 2.75) is 45.6 Å². The number of anilines is 2. The van der Waals surface area contributed by atoms with Gasteiger partial charge in [-0.3, -0.25) is 9.59 Å². The van der Waals surface area contributed by atoms with Gasteiger partial charge < -0.3 is 10.2 Å². The van der Waals surface area contributed by atoms with Crippen molar-refractivity contribution in [2.24, 2.45) is 5.92 Å². The molecule has 0 saturated heterocycles. The number of nitrogens with zero attached hydrogens (tertiary/aromatic N) is 1. The highest BCUT2D eigenvalue weighted by molar-refractivity contribution is 5.96. The molecule has 0 aromatic heterocycles. The summed E-state index contributed by atoms with van der Waals surface area (Å²) in [5.74, 6) is -0.295. The van der Waals surface area contributed by atoms with Crippen molar-refractivity contribution in [3.05, 3.63) is 95.3 Å². The molecule has 0 aliphatic heterocycles. The van der Waals surface area contributed by atoms with Crippen molar-refractivity contribution >= 4 is 23.2 Å². The van der Waals surface area contributed by atoms with Gasteiger partial charge in [0.15, 0.2) is 0 Å². The Morgan fingerprint density at radius 3 is 2.39 bits per heavy atom. The monoisotopic (exact) mass is 444 g/mol. The average Bonchev–Trinajstić information content (AvgIpc) is 3.33. The molecule has 0 bridgehead atoms. The van der Waals surface area contributed by atoms with Gasteiger partial charge in [-0.05, 0) is 72.9 Å². The first-order chi connectivity index (χ1) is 16.0. The number of nitrogens with one attached hydrogen (secondary N) is 1. The molecule has 4 nitrogen and oxygen atoms in total. The standard InChI is InChI=1S/C28H29FN2O2/c1-20-6-4-10-25(16-20)30-27(32)18-22-7-5-11-26(17-22)31(28(33)23-8-2-3-9-23)19-21-12-14-24(29)15-13-21/h4-7,10-17,23H,2-3,8-9,18-19H2,1H3,(H,30,32). The minimum atomic E-state index is -0.297. The molecule has 1 N–H and O–H groups in total. The van der Waals surface area contributed by atoms with E-state index in [1.165, 1.54) is 12.1 Å². The Morgan fingerprint density at radius 2 is 1.67 bits per heavy atom. The largest absolute Gasteiger partial charge is 0.326 e. The van der Waals surface area contributed by atoms with E-state index in [9.17, 15) is 14.0 Å². The summed E-state index contributed by atoms with van der Waals surface area (Å²) in [5, 5.41) is 2.94. The maximum absolute atomic E-state index is 13.4. The van der Waals surface area contributed by atoms with Gasteiger partial charge in [-0.25, -0.2) is 4.39 Å². The Hall–Kier alpha value is -3.47. The fourth-order valence-corrected chi connectivity index (χ4v) is 4.41. The van der Waals surface area contributed by atoms with Crippen LogP contribution in [0.3, 0.4) is 0 Å². The molecule has 0 radical (unpaired) electrons. The van der Waals surface area contributed by atoms with E-state index in [0.29, 0.717) is 6.54 Å². The fourth-order valence-electron chi connectivity index (χ4n) is 4.41. The molecule has 3 aromatic rings. The zero-order valence-corrected chi connectivity index (χ0v) is 18.9. The van der Waals surface area contributed by atoms with Crippen molar-refractivity contribution in [2.75, 3.05) is 10.2 Å². The zero-order chi connectivity index (χ0) is 23.2. The van der Waals surface area contributed by atoms with Crippen LogP contribution in [0.1, 0.15) is 42.4 Å². The van der Waals surface area contributed by atoms with Crippen LogP contribution in [0.4, 0.5) is 15.8 Å². The van der Waals surface area contributed by atoms with Gasteiger partial charge in [0.05, 0.1) is 13.0 Å². The minimum Gasteiger partial charge on any atom is -0.326 e. The van der Waals surface area contributed by atoms with Gasteiger partial charge in [0.2, 0.25) is 11.8 Å². The number of rotatable bonds is 7. The number of hydrogen-bond donors (Lipinski definition) is 1. The van der Waals surface area contributed by atoms with Crippen LogP contribution in [0.25, 0.3) is 0 Å². The lowest BCUT2D eigenvalue weighted by molar-refractivity contribution is -0.122. The summed E-state index contributed by atoms with van der Waals surface area (Å²) in [6.07, 6.45) is 4.15. The maximum atomic E-state index is 13.4. The molecule has 4 rings (SSSR count). The van der Waals surface area contributed by atoms with E-state index in [4.69, 9.17) is 0 Å². The number of halogens is 1. The van der Waals surface area contributed by atoms with Gasteiger partial charge in [-0.2, -0.15) is 0 Å². The highest BCUT2D eigenvalue weighted by atomic mass is 19.1. The molecule has 1 fully saturated rings. The van der Waals surface area contributed by atoms with Crippen LogP contribution >= 0.6 is 0 Å². The summed E-state index contributed by atoms with van der Waals surface area (Å²) in [7, 11) is 0. The van der Waals surface area contributed by atoms with Crippen LogP contribution in [0.15, 0.2) is 72.8 Å². The third-order valence-electron chi connectivity index (χ3n) is 6.11. The van der Waals surface area contributed by atoms with Crippen molar-refractivity contribution in [3.63, 3.8) is 0 Å². The molecule has 5 heteroatoms. The lowest BCUT2D eigenvalue weighted by Crippen LogP contribution is -2.35. The normalized spacial score (nSPS) is 13.6. The predicted molar refractivity (Wildman–Crippen MR) is 130 cm³/mol. The van der Waals surface area contributed by atoms with Crippen molar-refractivity contribution < 1.29 is 14.0 Å². The van der Waals surface area contributed by atoms with Gasteiger partial charge in [-0.15, -0.1) is 0 Å². The Kier molecular flexibility index (Phi) is 7.18. The molecule has 33 heavy (non-hydrogen) atoms. The van der Waals surface area contributed by atoms with Crippen LogP contribution in [-0.4, -0.2) is 11.8 Å². The summed E-state index contributed by atoms with van der Waals surface area (Å²) in [5.41, 5.74) is 4.31. The van der Waals surface area contributed by atoms with Gasteiger partial charge in [0.25, 0.3) is 0 Å². The first kappa shape index (κ1) is 22.7. The summed E-state index contributed by atoms with van der Waals surface area (Å²) in [6.45, 7) is 2.35. The van der Waals surface area contributed by atoms with Gasteiger partial charge >= 0.3 is 0 Å². The summed E-state index contributed by atoms with van der Waals surface area (Å²) in [4.78, 5) is 27.8. The van der Waals surface area contributed by atoms with Crippen LogP contribution < -0.4 is 10.2 Å². The molecule has 1 aliphatic carbocycles. The molecule has 0 unspecified atom stereocenters. The molecule has 0 spiro atoms. The van der Waals surface area contributed by atoms with Crippen LogP contribution in [0, 0.1) is 18.7 Å². The van der Waals surface area contributed by atoms with Gasteiger partial charge in [0, 0.05) is 17.3 Å². The number of amides is 2. The Balaban J connectivity index is 1.53. The Morgan fingerprint density at radius 1 is 0.939 bits per heavy atom. The first-order valence-electron chi connectivity index (χ1n) is 11.5. The molecular formula is C28H29FN2O2. The number of carbonyl (C=O) groups excluding carboxylic acids is 2. The molecule has 1 saturated carbocycles. The highest BCUT2D eigenvalue weighted by Gasteiger charge is 2.28. The minimum absolute atomic E-state index is 0.0127. The Labute approximate surface area is 194 Å². The maximum Gasteiger partial charge on any atom is 0.230 e. The number of carbonyl (C=O) groups is 2. The van der Waals surface area contributed by atoms with E-state index in [2.05, 4.69) is 5.32 Å². The quantitative estimate of drug-likeness (QED) is 0.483. The number of benzene rings is 3. The summed E-state index contributed by atoms with van der Waals surface area (Å²) in [6, 6.07) is 21.5. The van der Waals surface area contributed by atoms with Crippen LogP contribution in [0.2, 0.25) is 0 Å². The Bertz CT molecular complexity index is 1120. The SMILES string of the molecule is Cc1cccc(NC(=O)Cc2cccc(N(Cc3ccc(F)cc3)C(=O)C3CCCC3)c2)c1. The smallest absolute Gasteiger partial charge is 0.230 e. The predicted octanol–water partition coefficient (Wildman–Crippen LogP) is 6.04. The summed E-state index contributed by atoms with van der Waals surface area (Å²) >= 11 is 0. The van der Waals surface area contributed by atoms with E-state index >= 15 is 0 Å².